The third-order valence-corrected chi connectivity index (χ3v) is 9.86. The zero-order valence-corrected chi connectivity index (χ0v) is 22.4. The maximum Gasteiger partial charge on any atom is 0.226 e. The molecule has 9 heteroatoms. The smallest absolute Gasteiger partial charge is 0.226 e. The summed E-state index contributed by atoms with van der Waals surface area (Å²) in [4.78, 5) is 30.1. The number of aryl methyl sites for hydroxylation is 1. The Hall–Kier alpha value is -3.17. The summed E-state index contributed by atoms with van der Waals surface area (Å²) in [6.45, 7) is 3.63. The Balaban J connectivity index is 1.12. The van der Waals surface area contributed by atoms with Crippen LogP contribution in [0, 0.1) is 12.3 Å². The van der Waals surface area contributed by atoms with E-state index in [1.165, 1.54) is 22.9 Å². The van der Waals surface area contributed by atoms with Crippen molar-refractivity contribution < 1.29 is 9.90 Å². The molecular weight excluding hydrogens is 496 g/mol. The number of anilines is 3. The molecule has 1 amide bonds. The first-order valence-electron chi connectivity index (χ1n) is 13.5. The maximum absolute atomic E-state index is 12.6. The van der Waals surface area contributed by atoms with E-state index in [2.05, 4.69) is 44.8 Å². The van der Waals surface area contributed by atoms with Crippen molar-refractivity contribution in [3.8, 4) is 0 Å². The Morgan fingerprint density at radius 1 is 1.03 bits per heavy atom. The van der Waals surface area contributed by atoms with Crippen LogP contribution in [0.15, 0.2) is 46.5 Å². The topological polar surface area (TPSA) is 103 Å². The molecule has 2 spiro atoms. The average molecular weight is 529 g/mol. The molecule has 0 unspecified atom stereocenters. The monoisotopic (exact) mass is 528 g/mol. The predicted molar refractivity (Wildman–Crippen MR) is 148 cm³/mol. The lowest BCUT2D eigenvalue weighted by Crippen LogP contribution is -2.41. The number of aromatic nitrogens is 3. The zero-order valence-electron chi connectivity index (χ0n) is 21.6. The minimum atomic E-state index is -0.168. The number of nitrogens with zero attached hydrogens (tertiary/aromatic N) is 4. The lowest BCUT2D eigenvalue weighted by Gasteiger charge is -2.40. The fourth-order valence-electron chi connectivity index (χ4n) is 6.39. The van der Waals surface area contributed by atoms with Crippen LogP contribution >= 0.6 is 11.8 Å². The SMILES string of the molecule is Cc1nc(N2CCC3(CC2)Cc2ccccc2C3)c(CO)nc1Sc1ccnc2c1NC(=O)CC1(CC1)N2. The van der Waals surface area contributed by atoms with Crippen LogP contribution < -0.4 is 15.5 Å². The van der Waals surface area contributed by atoms with Gasteiger partial charge in [0.15, 0.2) is 11.6 Å². The summed E-state index contributed by atoms with van der Waals surface area (Å²) in [5.74, 6) is 1.50. The molecule has 0 atom stereocenters. The summed E-state index contributed by atoms with van der Waals surface area (Å²) in [7, 11) is 0. The number of hydrogen-bond acceptors (Lipinski definition) is 8. The number of hydrogen-bond donors (Lipinski definition) is 3. The number of rotatable bonds is 4. The summed E-state index contributed by atoms with van der Waals surface area (Å²) >= 11 is 1.46. The van der Waals surface area contributed by atoms with Gasteiger partial charge in [0, 0.05) is 36.1 Å². The number of carbonyl (C=O) groups is 1. The summed E-state index contributed by atoms with van der Waals surface area (Å²) < 4.78 is 0. The minimum Gasteiger partial charge on any atom is -0.390 e. The van der Waals surface area contributed by atoms with Crippen LogP contribution in [0.5, 0.6) is 0 Å². The molecule has 2 aliphatic carbocycles. The molecule has 1 aromatic carbocycles. The van der Waals surface area contributed by atoms with E-state index in [9.17, 15) is 9.90 Å². The van der Waals surface area contributed by atoms with Crippen LogP contribution in [0.3, 0.4) is 0 Å². The average Bonchev–Trinajstić information content (AvgIpc) is 3.59. The molecule has 1 saturated carbocycles. The number of piperidine rings is 1. The Morgan fingerprint density at radius 3 is 2.45 bits per heavy atom. The summed E-state index contributed by atoms with van der Waals surface area (Å²) in [5, 5.41) is 17.5. The van der Waals surface area contributed by atoms with Crippen LogP contribution in [-0.2, 0) is 24.2 Å². The molecular formula is C29H32N6O2S. The number of nitrogens with one attached hydrogen (secondary N) is 2. The highest BCUT2D eigenvalue weighted by Crippen LogP contribution is 2.48. The van der Waals surface area contributed by atoms with Gasteiger partial charge in [-0.05, 0) is 68.1 Å². The van der Waals surface area contributed by atoms with Gasteiger partial charge < -0.3 is 20.6 Å². The van der Waals surface area contributed by atoms with E-state index in [1.54, 1.807) is 6.20 Å². The summed E-state index contributed by atoms with van der Waals surface area (Å²) in [5.41, 5.74) is 5.30. The molecule has 4 heterocycles. The Kier molecular flexibility index (Phi) is 5.63. The second-order valence-corrected chi connectivity index (χ2v) is 12.4. The third-order valence-electron chi connectivity index (χ3n) is 8.72. The van der Waals surface area contributed by atoms with Gasteiger partial charge in [-0.3, -0.25) is 4.79 Å². The highest BCUT2D eigenvalue weighted by atomic mass is 32.2. The first-order chi connectivity index (χ1) is 18.4. The number of aliphatic hydroxyl groups excluding tert-OH is 1. The van der Waals surface area contributed by atoms with E-state index in [0.29, 0.717) is 29.0 Å². The van der Waals surface area contributed by atoms with Crippen molar-refractivity contribution in [2.75, 3.05) is 28.6 Å². The van der Waals surface area contributed by atoms with E-state index in [0.717, 1.165) is 73.0 Å². The molecule has 2 aliphatic heterocycles. The lowest BCUT2D eigenvalue weighted by atomic mass is 9.76. The van der Waals surface area contributed by atoms with Crippen molar-refractivity contribution in [3.63, 3.8) is 0 Å². The highest BCUT2D eigenvalue weighted by molar-refractivity contribution is 7.99. The van der Waals surface area contributed by atoms with Gasteiger partial charge >= 0.3 is 0 Å². The van der Waals surface area contributed by atoms with Gasteiger partial charge in [-0.2, -0.15) is 0 Å². The molecule has 196 valence electrons. The third kappa shape index (κ3) is 4.22. The lowest BCUT2D eigenvalue weighted by molar-refractivity contribution is -0.116. The van der Waals surface area contributed by atoms with Gasteiger partial charge in [0.25, 0.3) is 0 Å². The minimum absolute atomic E-state index is 0.00558. The maximum atomic E-state index is 12.6. The van der Waals surface area contributed by atoms with Gasteiger partial charge in [-0.1, -0.05) is 36.0 Å². The van der Waals surface area contributed by atoms with Crippen LogP contribution in [0.25, 0.3) is 0 Å². The first kappa shape index (κ1) is 23.9. The highest BCUT2D eigenvalue weighted by Gasteiger charge is 2.47. The summed E-state index contributed by atoms with van der Waals surface area (Å²) in [6.07, 6.45) is 8.72. The molecule has 0 radical (unpaired) electrons. The Labute approximate surface area is 226 Å². The molecule has 1 saturated heterocycles. The van der Waals surface area contributed by atoms with E-state index >= 15 is 0 Å². The molecule has 2 fully saturated rings. The fourth-order valence-corrected chi connectivity index (χ4v) is 7.32. The molecule has 0 bridgehead atoms. The number of carbonyl (C=O) groups excluding carboxylic acids is 1. The van der Waals surface area contributed by atoms with Gasteiger partial charge in [0.05, 0.1) is 18.0 Å². The van der Waals surface area contributed by atoms with Crippen molar-refractivity contribution in [3.05, 3.63) is 59.0 Å². The molecule has 7 rings (SSSR count). The van der Waals surface area contributed by atoms with Crippen molar-refractivity contribution >= 4 is 35.0 Å². The van der Waals surface area contributed by atoms with E-state index in [4.69, 9.17) is 9.97 Å². The first-order valence-corrected chi connectivity index (χ1v) is 14.3. The quantitative estimate of drug-likeness (QED) is 0.455. The Morgan fingerprint density at radius 2 is 1.76 bits per heavy atom. The van der Waals surface area contributed by atoms with Crippen molar-refractivity contribution in [1.82, 2.24) is 15.0 Å². The number of aliphatic hydroxyl groups is 1. The summed E-state index contributed by atoms with van der Waals surface area (Å²) in [6, 6.07) is 10.7. The second kappa shape index (κ2) is 8.95. The fraction of sp³-hybridized carbons (Fsp3) is 0.448. The van der Waals surface area contributed by atoms with Crippen LogP contribution in [0.1, 0.15) is 54.6 Å². The normalized spacial score (nSPS) is 20.5. The van der Waals surface area contributed by atoms with Crippen molar-refractivity contribution in [2.24, 2.45) is 5.41 Å². The molecule has 3 aromatic rings. The molecule has 8 nitrogen and oxygen atoms in total. The van der Waals surface area contributed by atoms with Crippen molar-refractivity contribution in [2.45, 2.75) is 73.9 Å². The van der Waals surface area contributed by atoms with Gasteiger partial charge in [0.2, 0.25) is 5.91 Å². The van der Waals surface area contributed by atoms with Crippen LogP contribution in [-0.4, -0.2) is 44.6 Å². The second-order valence-electron chi connectivity index (χ2n) is 11.4. The number of amides is 1. The Bertz CT molecular complexity index is 1400. The molecule has 2 aromatic heterocycles. The molecule has 4 aliphatic rings. The number of benzene rings is 1. The predicted octanol–water partition coefficient (Wildman–Crippen LogP) is 4.50. The van der Waals surface area contributed by atoms with E-state index in [-0.39, 0.29) is 18.1 Å². The molecule has 38 heavy (non-hydrogen) atoms. The number of pyridine rings is 1. The van der Waals surface area contributed by atoms with E-state index < -0.39 is 0 Å². The number of fused-ring (bicyclic) bond motifs is 2. The standard InChI is InChI=1S/C29H32N6O2S/c1-18-27(38-22-6-11-30-25-24(22)33-23(37)16-29(34-25)7-8-29)32-21(17-36)26(31-18)35-12-9-28(10-13-35)14-19-4-2-3-5-20(19)15-28/h2-6,11,36H,7-10,12-17H2,1H3,(H,30,34)(H,33,37). The van der Waals surface area contributed by atoms with Gasteiger partial charge in [0.1, 0.15) is 10.7 Å². The van der Waals surface area contributed by atoms with Gasteiger partial charge in [-0.25, -0.2) is 15.0 Å². The van der Waals surface area contributed by atoms with Gasteiger partial charge in [-0.15, -0.1) is 0 Å². The van der Waals surface area contributed by atoms with E-state index in [1.807, 2.05) is 13.0 Å². The molecule has 3 N–H and O–H groups in total. The van der Waals surface area contributed by atoms with Crippen LogP contribution in [0.2, 0.25) is 0 Å². The van der Waals surface area contributed by atoms with Crippen LogP contribution in [0.4, 0.5) is 17.3 Å². The van der Waals surface area contributed by atoms with Crippen molar-refractivity contribution in [1.29, 1.82) is 0 Å². The largest absolute Gasteiger partial charge is 0.390 e. The zero-order chi connectivity index (χ0) is 25.9.